The Morgan fingerprint density at radius 3 is 2.39 bits per heavy atom. The fourth-order valence-electron chi connectivity index (χ4n) is 6.06. The number of carbonyl (C=O) groups excluding carboxylic acids is 1. The Kier molecular flexibility index (Phi) is 5.81. The van der Waals surface area contributed by atoms with E-state index in [1.165, 1.54) is 18.2 Å². The summed E-state index contributed by atoms with van der Waals surface area (Å²) < 4.78 is 45.1. The SMILES string of the molecule is CN1CCN(c2ncc(-c3cc4c5c(cnc4cc3F)N(C)C(=O)C53CC3)cc2NS(=O)(=O)c2ccccc2)CC1. The number of aromatic nitrogens is 2. The number of piperazine rings is 1. The van der Waals surface area contributed by atoms with Crippen molar-refractivity contribution in [2.75, 3.05) is 54.8 Å². The fraction of sp³-hybridized carbons (Fsp3) is 0.300. The molecule has 4 heterocycles. The van der Waals surface area contributed by atoms with Crippen LogP contribution in [0.2, 0.25) is 0 Å². The lowest BCUT2D eigenvalue weighted by molar-refractivity contribution is -0.119. The van der Waals surface area contributed by atoms with E-state index in [2.05, 4.69) is 19.6 Å². The van der Waals surface area contributed by atoms with Crippen LogP contribution in [0.15, 0.2) is 65.8 Å². The van der Waals surface area contributed by atoms with Crippen LogP contribution in [0.4, 0.5) is 21.6 Å². The standard InChI is InChI=1S/C30H29FN6O3S/c1-35-10-12-37(13-11-35)28-25(34-41(39,40)20-6-4-3-5-7-20)14-19(17-33-28)21-15-22-24(16-23(21)31)32-18-26-27(22)30(8-9-30)29(38)36(26)2/h3-7,14-18,34H,8-13H2,1-2H3. The average molecular weight is 573 g/mol. The second-order valence-corrected chi connectivity index (χ2v) is 12.8. The van der Waals surface area contributed by atoms with Crippen LogP contribution < -0.4 is 14.5 Å². The molecule has 0 bridgehead atoms. The summed E-state index contributed by atoms with van der Waals surface area (Å²) in [5.41, 5.74) is 2.52. The summed E-state index contributed by atoms with van der Waals surface area (Å²) in [6, 6.07) is 12.9. The zero-order chi connectivity index (χ0) is 28.5. The second kappa shape index (κ2) is 9.22. The van der Waals surface area contributed by atoms with Crippen LogP contribution in [0.3, 0.4) is 0 Å². The Hall–Kier alpha value is -4.09. The number of nitrogens with zero attached hydrogens (tertiary/aromatic N) is 5. The molecular formula is C30H29FN6O3S. The van der Waals surface area contributed by atoms with Gasteiger partial charge < -0.3 is 14.7 Å². The average Bonchev–Trinajstić information content (AvgIpc) is 3.74. The van der Waals surface area contributed by atoms with Gasteiger partial charge in [0.05, 0.1) is 33.4 Å². The molecular weight excluding hydrogens is 543 g/mol. The van der Waals surface area contributed by atoms with Crippen molar-refractivity contribution in [3.05, 3.63) is 72.3 Å². The van der Waals surface area contributed by atoms with Crippen LogP contribution in [-0.2, 0) is 20.2 Å². The highest BCUT2D eigenvalue weighted by Crippen LogP contribution is 2.58. The molecule has 1 saturated heterocycles. The minimum Gasteiger partial charge on any atom is -0.352 e. The molecule has 0 radical (unpaired) electrons. The van der Waals surface area contributed by atoms with Gasteiger partial charge in [-0.1, -0.05) is 18.2 Å². The molecule has 2 aromatic heterocycles. The quantitative estimate of drug-likeness (QED) is 0.386. The first-order chi connectivity index (χ1) is 19.7. The molecule has 3 aliphatic rings. The van der Waals surface area contributed by atoms with Gasteiger partial charge in [0.25, 0.3) is 10.0 Å². The van der Waals surface area contributed by atoms with E-state index in [9.17, 15) is 13.2 Å². The number of likely N-dealkylation sites (N-methyl/N-ethyl adjacent to an activating group) is 2. The van der Waals surface area contributed by atoms with E-state index >= 15 is 4.39 Å². The number of hydrogen-bond donors (Lipinski definition) is 1. The highest BCUT2D eigenvalue weighted by Gasteiger charge is 2.59. The molecule has 11 heteroatoms. The fourth-order valence-corrected chi connectivity index (χ4v) is 7.13. The molecule has 4 aromatic rings. The van der Waals surface area contributed by atoms with Crippen LogP contribution >= 0.6 is 0 Å². The number of anilines is 3. The number of nitrogens with one attached hydrogen (secondary N) is 1. The van der Waals surface area contributed by atoms with Crippen molar-refractivity contribution in [3.8, 4) is 11.1 Å². The number of benzene rings is 2. The van der Waals surface area contributed by atoms with Crippen molar-refractivity contribution in [2.45, 2.75) is 23.2 Å². The van der Waals surface area contributed by atoms with Crippen LogP contribution in [0.25, 0.3) is 22.0 Å². The first-order valence-electron chi connectivity index (χ1n) is 13.6. The van der Waals surface area contributed by atoms with Gasteiger partial charge >= 0.3 is 0 Å². The minimum atomic E-state index is -3.93. The number of sulfonamides is 1. The third-order valence-corrected chi connectivity index (χ3v) is 9.90. The summed E-state index contributed by atoms with van der Waals surface area (Å²) in [7, 11) is -0.142. The topological polar surface area (TPSA) is 98.7 Å². The van der Waals surface area contributed by atoms with Gasteiger partial charge in [0.2, 0.25) is 5.91 Å². The molecule has 1 spiro atoms. The second-order valence-electron chi connectivity index (χ2n) is 11.1. The van der Waals surface area contributed by atoms with Crippen LogP contribution in [0.1, 0.15) is 18.4 Å². The van der Waals surface area contributed by atoms with Crippen molar-refractivity contribution < 1.29 is 17.6 Å². The van der Waals surface area contributed by atoms with Crippen molar-refractivity contribution in [1.82, 2.24) is 14.9 Å². The van der Waals surface area contributed by atoms with Gasteiger partial charge in [-0.2, -0.15) is 0 Å². The van der Waals surface area contributed by atoms with Gasteiger partial charge in [-0.15, -0.1) is 0 Å². The molecule has 7 rings (SSSR count). The molecule has 9 nitrogen and oxygen atoms in total. The molecule has 1 amide bonds. The van der Waals surface area contributed by atoms with Crippen molar-refractivity contribution in [1.29, 1.82) is 0 Å². The number of carbonyl (C=O) groups is 1. The summed E-state index contributed by atoms with van der Waals surface area (Å²) in [6.45, 7) is 2.96. The number of fused-ring (bicyclic) bond motifs is 4. The molecule has 1 saturated carbocycles. The number of hydrogen-bond acceptors (Lipinski definition) is 7. The molecule has 2 aliphatic heterocycles. The molecule has 0 unspecified atom stereocenters. The number of amides is 1. The van der Waals surface area contributed by atoms with Crippen LogP contribution in [0, 0.1) is 5.82 Å². The van der Waals surface area contributed by atoms with Crippen molar-refractivity contribution in [3.63, 3.8) is 0 Å². The molecule has 41 heavy (non-hydrogen) atoms. The number of pyridine rings is 2. The maximum Gasteiger partial charge on any atom is 0.262 e. The number of rotatable bonds is 5. The summed E-state index contributed by atoms with van der Waals surface area (Å²) in [6.07, 6.45) is 4.73. The first-order valence-corrected chi connectivity index (χ1v) is 15.1. The summed E-state index contributed by atoms with van der Waals surface area (Å²) in [5.74, 6) is 0.0382. The molecule has 1 aliphatic carbocycles. The van der Waals surface area contributed by atoms with Gasteiger partial charge in [0.1, 0.15) is 5.82 Å². The van der Waals surface area contributed by atoms with Gasteiger partial charge in [-0.05, 0) is 44.2 Å². The largest absolute Gasteiger partial charge is 0.352 e. The highest BCUT2D eigenvalue weighted by atomic mass is 32.2. The van der Waals surface area contributed by atoms with E-state index in [1.54, 1.807) is 54.7 Å². The summed E-state index contributed by atoms with van der Waals surface area (Å²) in [5, 5.41) is 0.726. The van der Waals surface area contributed by atoms with E-state index in [0.717, 1.165) is 42.6 Å². The zero-order valence-corrected chi connectivity index (χ0v) is 23.6. The van der Waals surface area contributed by atoms with Crippen LogP contribution in [0.5, 0.6) is 0 Å². The van der Waals surface area contributed by atoms with E-state index < -0.39 is 21.3 Å². The molecule has 2 fully saturated rings. The maximum absolute atomic E-state index is 15.7. The minimum absolute atomic E-state index is 0.0449. The highest BCUT2D eigenvalue weighted by molar-refractivity contribution is 7.92. The van der Waals surface area contributed by atoms with E-state index in [-0.39, 0.29) is 22.1 Å². The third kappa shape index (κ3) is 4.14. The Bertz CT molecular complexity index is 1820. The zero-order valence-electron chi connectivity index (χ0n) is 22.8. The molecule has 2 aromatic carbocycles. The van der Waals surface area contributed by atoms with Gasteiger partial charge in [-0.3, -0.25) is 14.5 Å². The smallest absolute Gasteiger partial charge is 0.262 e. The van der Waals surface area contributed by atoms with Crippen LogP contribution in [-0.4, -0.2) is 69.5 Å². The Morgan fingerprint density at radius 2 is 1.68 bits per heavy atom. The Balaban J connectivity index is 1.36. The monoisotopic (exact) mass is 572 g/mol. The molecule has 210 valence electrons. The number of halogens is 1. The molecule has 0 atom stereocenters. The first kappa shape index (κ1) is 25.8. The summed E-state index contributed by atoms with van der Waals surface area (Å²) in [4.78, 5) is 28.2. The maximum atomic E-state index is 15.7. The third-order valence-electron chi connectivity index (χ3n) is 8.52. The predicted molar refractivity (Wildman–Crippen MR) is 156 cm³/mol. The van der Waals surface area contributed by atoms with Gasteiger partial charge in [-0.25, -0.2) is 17.8 Å². The lowest BCUT2D eigenvalue weighted by Crippen LogP contribution is -2.45. The Labute approximate surface area is 237 Å². The summed E-state index contributed by atoms with van der Waals surface area (Å²) >= 11 is 0. The lowest BCUT2D eigenvalue weighted by Gasteiger charge is -2.34. The van der Waals surface area contributed by atoms with E-state index in [4.69, 9.17) is 0 Å². The van der Waals surface area contributed by atoms with E-state index in [1.807, 2.05) is 11.9 Å². The van der Waals surface area contributed by atoms with Gasteiger partial charge in [0.15, 0.2) is 5.82 Å². The van der Waals surface area contributed by atoms with Crippen molar-refractivity contribution >= 4 is 44.0 Å². The Morgan fingerprint density at radius 1 is 0.951 bits per heavy atom. The lowest BCUT2D eigenvalue weighted by atomic mass is 9.92. The van der Waals surface area contributed by atoms with Gasteiger partial charge in [0, 0.05) is 67.6 Å². The van der Waals surface area contributed by atoms with Crippen molar-refractivity contribution in [2.24, 2.45) is 0 Å². The van der Waals surface area contributed by atoms with E-state index in [0.29, 0.717) is 30.0 Å². The molecule has 1 N–H and O–H groups in total. The predicted octanol–water partition coefficient (Wildman–Crippen LogP) is 4.00. The normalized spacial score (nSPS) is 18.3.